The third kappa shape index (κ3) is 5.96. The molecule has 5 nitrogen and oxygen atoms in total. The van der Waals surface area contributed by atoms with Gasteiger partial charge in [0.15, 0.2) is 5.11 Å². The van der Waals surface area contributed by atoms with Crippen LogP contribution in [0.3, 0.4) is 0 Å². The zero-order chi connectivity index (χ0) is 17.5. The van der Waals surface area contributed by atoms with Gasteiger partial charge >= 0.3 is 0 Å². The maximum absolute atomic E-state index is 5.73. The molecule has 2 heterocycles. The zero-order valence-corrected chi connectivity index (χ0v) is 16.3. The number of hydrogen-bond donors (Lipinski definition) is 1. The minimum atomic E-state index is 0.574. The highest BCUT2D eigenvalue weighted by Crippen LogP contribution is 2.17. The van der Waals surface area contributed by atoms with Crippen LogP contribution in [0, 0.1) is 6.92 Å². The molecule has 6 heteroatoms. The maximum Gasteiger partial charge on any atom is 0.169 e. The van der Waals surface area contributed by atoms with Crippen molar-refractivity contribution in [3.8, 4) is 0 Å². The van der Waals surface area contributed by atoms with Crippen LogP contribution >= 0.6 is 12.2 Å². The van der Waals surface area contributed by atoms with Crippen LogP contribution in [0.25, 0.3) is 0 Å². The smallest absolute Gasteiger partial charge is 0.169 e. The van der Waals surface area contributed by atoms with Crippen molar-refractivity contribution >= 4 is 17.3 Å². The molecule has 2 fully saturated rings. The monoisotopic (exact) mass is 364 g/mol. The Hall–Kier alpha value is -1.14. The Morgan fingerprint density at radius 2 is 1.88 bits per heavy atom. The molecule has 1 N–H and O–H groups in total. The summed E-state index contributed by atoms with van der Waals surface area (Å²) in [5, 5.41) is 8.75. The summed E-state index contributed by atoms with van der Waals surface area (Å²) >= 11 is 5.73. The molecule has 0 atom stereocenters. The van der Waals surface area contributed by atoms with E-state index in [1.54, 1.807) is 0 Å². The van der Waals surface area contributed by atoms with Crippen molar-refractivity contribution < 1.29 is 4.52 Å². The number of nitrogens with one attached hydrogen (secondary N) is 1. The minimum absolute atomic E-state index is 0.574. The predicted octanol–water partition coefficient (Wildman–Crippen LogP) is 3.48. The van der Waals surface area contributed by atoms with E-state index in [2.05, 4.69) is 20.3 Å². The Morgan fingerprint density at radius 1 is 1.12 bits per heavy atom. The number of thiocarbonyl (C=S) groups is 1. The molecule has 0 radical (unpaired) electrons. The molecule has 3 rings (SSSR count). The molecule has 1 aliphatic carbocycles. The van der Waals surface area contributed by atoms with Gasteiger partial charge in [-0.3, -0.25) is 4.90 Å². The Labute approximate surface area is 157 Å². The van der Waals surface area contributed by atoms with Gasteiger partial charge in [0.05, 0.1) is 5.69 Å². The topological polar surface area (TPSA) is 44.5 Å². The summed E-state index contributed by atoms with van der Waals surface area (Å²) in [7, 11) is 0. The van der Waals surface area contributed by atoms with E-state index in [4.69, 9.17) is 16.7 Å². The summed E-state index contributed by atoms with van der Waals surface area (Å²) in [5.41, 5.74) is 1.03. The highest BCUT2D eigenvalue weighted by molar-refractivity contribution is 7.80. The number of aryl methyl sites for hydroxylation is 1. The first-order valence-corrected chi connectivity index (χ1v) is 10.3. The Balaban J connectivity index is 1.45. The van der Waals surface area contributed by atoms with E-state index in [1.165, 1.54) is 44.9 Å². The van der Waals surface area contributed by atoms with Gasteiger partial charge in [0.1, 0.15) is 5.76 Å². The average molecular weight is 365 g/mol. The molecule has 0 bridgehead atoms. The number of rotatable bonds is 3. The summed E-state index contributed by atoms with van der Waals surface area (Å²) < 4.78 is 5.18. The SMILES string of the molecule is Cc1cc(CN2CCCN(C(=S)NC3CCCCCCC3)CC2)no1. The summed E-state index contributed by atoms with van der Waals surface area (Å²) in [5.74, 6) is 0.885. The molecule has 25 heavy (non-hydrogen) atoms. The minimum Gasteiger partial charge on any atom is -0.361 e. The highest BCUT2D eigenvalue weighted by Gasteiger charge is 2.20. The van der Waals surface area contributed by atoms with Crippen molar-refractivity contribution in [1.29, 1.82) is 0 Å². The Kier molecular flexibility index (Phi) is 7.11. The number of nitrogens with zero attached hydrogens (tertiary/aromatic N) is 3. The van der Waals surface area contributed by atoms with Gasteiger partial charge in [-0.05, 0) is 38.4 Å². The summed E-state index contributed by atoms with van der Waals surface area (Å²) in [6, 6.07) is 2.61. The van der Waals surface area contributed by atoms with Gasteiger partial charge in [0.25, 0.3) is 0 Å². The van der Waals surface area contributed by atoms with Crippen LogP contribution in [0.5, 0.6) is 0 Å². The second-order valence-corrected chi connectivity index (χ2v) is 7.92. The van der Waals surface area contributed by atoms with E-state index >= 15 is 0 Å². The molecular formula is C19H32N4OS. The standard InChI is InChI=1S/C19H32N4OS/c1-16-14-18(21-24-16)15-22-10-7-11-23(13-12-22)19(25)20-17-8-5-3-2-4-6-9-17/h14,17H,2-13,15H2,1H3,(H,20,25). The van der Waals surface area contributed by atoms with E-state index in [9.17, 15) is 0 Å². The number of aromatic nitrogens is 1. The first kappa shape index (κ1) is 18.6. The van der Waals surface area contributed by atoms with E-state index < -0.39 is 0 Å². The van der Waals surface area contributed by atoms with Gasteiger partial charge < -0.3 is 14.7 Å². The highest BCUT2D eigenvalue weighted by atomic mass is 32.1. The normalized spacial score (nSPS) is 21.4. The summed E-state index contributed by atoms with van der Waals surface area (Å²) in [4.78, 5) is 4.82. The van der Waals surface area contributed by atoms with Gasteiger partial charge in [-0.15, -0.1) is 0 Å². The lowest BCUT2D eigenvalue weighted by atomic mass is 9.97. The quantitative estimate of drug-likeness (QED) is 0.829. The van der Waals surface area contributed by atoms with E-state index in [1.807, 2.05) is 13.0 Å². The largest absolute Gasteiger partial charge is 0.361 e. The molecule has 1 aromatic heterocycles. The van der Waals surface area contributed by atoms with Crippen LogP contribution in [0.2, 0.25) is 0 Å². The molecule has 1 aromatic rings. The van der Waals surface area contributed by atoms with Crippen molar-refractivity contribution in [3.63, 3.8) is 0 Å². The van der Waals surface area contributed by atoms with Crippen molar-refractivity contribution in [1.82, 2.24) is 20.3 Å². The molecule has 2 aliphatic rings. The van der Waals surface area contributed by atoms with E-state index in [-0.39, 0.29) is 0 Å². The number of hydrogen-bond acceptors (Lipinski definition) is 4. The van der Waals surface area contributed by atoms with Crippen LogP contribution in [-0.2, 0) is 6.54 Å². The molecule has 0 spiro atoms. The average Bonchev–Trinajstić information content (AvgIpc) is 2.83. The summed E-state index contributed by atoms with van der Waals surface area (Å²) in [6.07, 6.45) is 10.5. The van der Waals surface area contributed by atoms with Crippen LogP contribution in [0.1, 0.15) is 62.8 Å². The van der Waals surface area contributed by atoms with Gasteiger partial charge in [-0.2, -0.15) is 0 Å². The molecule has 0 aromatic carbocycles. The third-order valence-electron chi connectivity index (χ3n) is 5.37. The van der Waals surface area contributed by atoms with Gasteiger partial charge in [-0.25, -0.2) is 0 Å². The van der Waals surface area contributed by atoms with Crippen molar-refractivity contribution in [2.45, 2.75) is 70.9 Å². The van der Waals surface area contributed by atoms with E-state index in [0.29, 0.717) is 6.04 Å². The summed E-state index contributed by atoms with van der Waals surface area (Å²) in [6.45, 7) is 6.98. The van der Waals surface area contributed by atoms with Gasteiger partial charge in [-0.1, -0.05) is 37.3 Å². The van der Waals surface area contributed by atoms with Gasteiger partial charge in [0.2, 0.25) is 0 Å². The lowest BCUT2D eigenvalue weighted by Crippen LogP contribution is -2.46. The second-order valence-electron chi connectivity index (χ2n) is 7.54. The molecule has 0 unspecified atom stereocenters. The molecule has 1 saturated carbocycles. The maximum atomic E-state index is 5.73. The third-order valence-corrected chi connectivity index (χ3v) is 5.75. The van der Waals surface area contributed by atoms with Crippen LogP contribution in [0.4, 0.5) is 0 Å². The fourth-order valence-corrected chi connectivity index (χ4v) is 4.27. The second kappa shape index (κ2) is 9.53. The zero-order valence-electron chi connectivity index (χ0n) is 15.5. The first-order valence-electron chi connectivity index (χ1n) is 9.91. The van der Waals surface area contributed by atoms with Crippen molar-refractivity contribution in [2.75, 3.05) is 26.2 Å². The lowest BCUT2D eigenvalue weighted by molar-refractivity contribution is 0.266. The molecular weight excluding hydrogens is 332 g/mol. The van der Waals surface area contributed by atoms with Crippen LogP contribution in [0.15, 0.2) is 10.6 Å². The predicted molar refractivity (Wildman–Crippen MR) is 105 cm³/mol. The lowest BCUT2D eigenvalue weighted by Gasteiger charge is -2.29. The molecule has 140 valence electrons. The first-order chi connectivity index (χ1) is 12.2. The Bertz CT molecular complexity index is 539. The fourth-order valence-electron chi connectivity index (χ4n) is 3.92. The molecule has 0 amide bonds. The fraction of sp³-hybridized carbons (Fsp3) is 0.789. The van der Waals surface area contributed by atoms with Crippen LogP contribution in [-0.4, -0.2) is 52.3 Å². The Morgan fingerprint density at radius 3 is 2.60 bits per heavy atom. The van der Waals surface area contributed by atoms with Crippen LogP contribution < -0.4 is 5.32 Å². The molecule has 1 saturated heterocycles. The van der Waals surface area contributed by atoms with Gasteiger partial charge in [0, 0.05) is 44.8 Å². The van der Waals surface area contributed by atoms with E-state index in [0.717, 1.165) is 55.7 Å². The van der Waals surface area contributed by atoms with Crippen molar-refractivity contribution in [3.05, 3.63) is 17.5 Å². The van der Waals surface area contributed by atoms with Crippen molar-refractivity contribution in [2.24, 2.45) is 0 Å². The molecule has 1 aliphatic heterocycles.